The van der Waals surface area contributed by atoms with Gasteiger partial charge in [0.25, 0.3) is 0 Å². The summed E-state index contributed by atoms with van der Waals surface area (Å²) in [6, 6.07) is 5.79. The second kappa shape index (κ2) is 6.45. The molecule has 0 saturated carbocycles. The molecule has 0 amide bonds. The third-order valence-electron chi connectivity index (χ3n) is 2.92. The minimum absolute atomic E-state index is 0.580. The molecule has 21 heavy (non-hydrogen) atoms. The van der Waals surface area contributed by atoms with Crippen molar-refractivity contribution in [2.45, 2.75) is 33.3 Å². The first-order chi connectivity index (χ1) is 9.95. The number of hydrogen-bond donors (Lipinski definition) is 1. The lowest BCUT2D eigenvalue weighted by molar-refractivity contribution is 0.0746. The van der Waals surface area contributed by atoms with Crippen LogP contribution in [0.3, 0.4) is 0 Å². The highest BCUT2D eigenvalue weighted by Gasteiger charge is 2.20. The zero-order chi connectivity index (χ0) is 15.5. The van der Waals surface area contributed by atoms with Crippen LogP contribution in [0.4, 0.5) is 0 Å². The van der Waals surface area contributed by atoms with Crippen LogP contribution in [0.1, 0.15) is 33.4 Å². The highest BCUT2D eigenvalue weighted by molar-refractivity contribution is 7.13. The molecule has 114 valence electrons. The van der Waals surface area contributed by atoms with E-state index in [2.05, 4.69) is 4.98 Å². The number of aliphatic hydroxyl groups is 1. The molecule has 0 bridgehead atoms. The molecule has 0 saturated heterocycles. The lowest BCUT2D eigenvalue weighted by Gasteiger charge is -2.13. The van der Waals surface area contributed by atoms with Gasteiger partial charge in [-0.05, 0) is 45.9 Å². The van der Waals surface area contributed by atoms with Crippen LogP contribution >= 0.6 is 11.3 Å². The Kier molecular flexibility index (Phi) is 4.85. The Bertz CT molecular complexity index is 602. The molecular weight excluding hydrogens is 286 g/mol. The lowest BCUT2D eigenvalue weighted by atomic mass is 10.1. The first-order valence-electron chi connectivity index (χ1n) is 7.04. The van der Waals surface area contributed by atoms with Gasteiger partial charge in [0.05, 0.1) is 18.9 Å². The van der Waals surface area contributed by atoms with E-state index in [0.717, 1.165) is 22.1 Å². The molecule has 0 atom stereocenters. The van der Waals surface area contributed by atoms with Crippen molar-refractivity contribution in [2.24, 2.45) is 0 Å². The quantitative estimate of drug-likeness (QED) is 0.881. The van der Waals surface area contributed by atoms with Gasteiger partial charge in [0.2, 0.25) is 0 Å². The van der Waals surface area contributed by atoms with Crippen LogP contribution in [0.25, 0.3) is 10.6 Å². The van der Waals surface area contributed by atoms with Crippen molar-refractivity contribution >= 4 is 11.3 Å². The fourth-order valence-corrected chi connectivity index (χ4v) is 2.85. The molecule has 0 radical (unpaired) electrons. The number of benzene rings is 1. The van der Waals surface area contributed by atoms with Gasteiger partial charge in [-0.3, -0.25) is 0 Å². The minimum Gasteiger partial charge on any atom is -0.490 e. The van der Waals surface area contributed by atoms with Gasteiger partial charge in [-0.25, -0.2) is 4.98 Å². The van der Waals surface area contributed by atoms with Crippen molar-refractivity contribution in [3.63, 3.8) is 0 Å². The Morgan fingerprint density at radius 3 is 2.38 bits per heavy atom. The topological polar surface area (TPSA) is 51.6 Å². The second-order valence-electron chi connectivity index (χ2n) is 5.12. The van der Waals surface area contributed by atoms with Crippen molar-refractivity contribution in [3.05, 3.63) is 29.3 Å². The Morgan fingerprint density at radius 1 is 1.14 bits per heavy atom. The average Bonchev–Trinajstić information content (AvgIpc) is 2.91. The van der Waals surface area contributed by atoms with Gasteiger partial charge in [0.1, 0.15) is 10.6 Å². The van der Waals surface area contributed by atoms with Crippen molar-refractivity contribution in [2.75, 3.05) is 13.2 Å². The summed E-state index contributed by atoms with van der Waals surface area (Å²) in [7, 11) is 0. The van der Waals surface area contributed by atoms with E-state index >= 15 is 0 Å². The van der Waals surface area contributed by atoms with Gasteiger partial charge < -0.3 is 14.6 Å². The zero-order valence-electron chi connectivity index (χ0n) is 12.8. The van der Waals surface area contributed by atoms with Crippen LogP contribution in [-0.2, 0) is 5.60 Å². The first kappa shape index (κ1) is 15.8. The first-order valence-corrected chi connectivity index (χ1v) is 7.92. The Labute approximate surface area is 129 Å². The lowest BCUT2D eigenvalue weighted by Crippen LogP contribution is -2.15. The molecule has 1 aromatic carbocycles. The summed E-state index contributed by atoms with van der Waals surface area (Å²) in [5.41, 5.74) is 0.708. The van der Waals surface area contributed by atoms with E-state index in [1.807, 2.05) is 37.4 Å². The molecule has 2 aromatic rings. The standard InChI is InChI=1S/C16H21NO3S/c1-5-19-12-8-7-11(9-13(12)20-6-2)15-17-14(10-21-15)16(3,4)18/h7-10,18H,5-6H2,1-4H3. The largest absolute Gasteiger partial charge is 0.490 e. The number of nitrogens with zero attached hydrogens (tertiary/aromatic N) is 1. The summed E-state index contributed by atoms with van der Waals surface area (Å²) in [5, 5.41) is 12.7. The monoisotopic (exact) mass is 307 g/mol. The molecule has 0 fully saturated rings. The summed E-state index contributed by atoms with van der Waals surface area (Å²) in [5.74, 6) is 1.46. The predicted octanol–water partition coefficient (Wildman–Crippen LogP) is 3.83. The number of rotatable bonds is 6. The van der Waals surface area contributed by atoms with Gasteiger partial charge in [-0.15, -0.1) is 11.3 Å². The summed E-state index contributed by atoms with van der Waals surface area (Å²) in [4.78, 5) is 4.50. The summed E-state index contributed by atoms with van der Waals surface area (Å²) in [6.07, 6.45) is 0. The molecule has 0 aliphatic rings. The fraction of sp³-hybridized carbons (Fsp3) is 0.438. The van der Waals surface area contributed by atoms with Crippen LogP contribution in [0.2, 0.25) is 0 Å². The Balaban J connectivity index is 2.35. The van der Waals surface area contributed by atoms with Crippen LogP contribution in [0.5, 0.6) is 11.5 Å². The number of aromatic nitrogens is 1. The van der Waals surface area contributed by atoms with Crippen molar-refractivity contribution in [1.82, 2.24) is 4.98 Å². The molecule has 2 rings (SSSR count). The molecule has 0 aliphatic heterocycles. The van der Waals surface area contributed by atoms with Crippen LogP contribution < -0.4 is 9.47 Å². The molecule has 0 unspecified atom stereocenters. The fourth-order valence-electron chi connectivity index (χ4n) is 1.87. The minimum atomic E-state index is -0.928. The van der Waals surface area contributed by atoms with Gasteiger partial charge in [-0.1, -0.05) is 0 Å². The molecule has 1 heterocycles. The third kappa shape index (κ3) is 3.74. The summed E-state index contributed by atoms with van der Waals surface area (Å²) >= 11 is 1.51. The molecule has 0 aliphatic carbocycles. The van der Waals surface area contributed by atoms with E-state index in [1.54, 1.807) is 13.8 Å². The number of ether oxygens (including phenoxy) is 2. The van der Waals surface area contributed by atoms with Gasteiger partial charge in [0, 0.05) is 10.9 Å². The van der Waals surface area contributed by atoms with E-state index in [-0.39, 0.29) is 0 Å². The second-order valence-corrected chi connectivity index (χ2v) is 5.98. The van der Waals surface area contributed by atoms with Gasteiger partial charge in [-0.2, -0.15) is 0 Å². The molecule has 0 spiro atoms. The maximum atomic E-state index is 10.0. The Hall–Kier alpha value is -1.59. The van der Waals surface area contributed by atoms with E-state index < -0.39 is 5.60 Å². The molecular formula is C16H21NO3S. The summed E-state index contributed by atoms with van der Waals surface area (Å²) < 4.78 is 11.2. The highest BCUT2D eigenvalue weighted by atomic mass is 32.1. The van der Waals surface area contributed by atoms with Crippen LogP contribution in [0.15, 0.2) is 23.6 Å². The normalized spacial score (nSPS) is 11.5. The maximum absolute atomic E-state index is 10.0. The third-order valence-corrected chi connectivity index (χ3v) is 3.81. The maximum Gasteiger partial charge on any atom is 0.161 e. The van der Waals surface area contributed by atoms with Crippen LogP contribution in [0, 0.1) is 0 Å². The summed E-state index contributed by atoms with van der Waals surface area (Å²) in [6.45, 7) is 8.53. The van der Waals surface area contributed by atoms with Gasteiger partial charge in [0.15, 0.2) is 11.5 Å². The van der Waals surface area contributed by atoms with Gasteiger partial charge >= 0.3 is 0 Å². The van der Waals surface area contributed by atoms with Crippen molar-refractivity contribution in [1.29, 1.82) is 0 Å². The Morgan fingerprint density at radius 2 is 1.81 bits per heavy atom. The van der Waals surface area contributed by atoms with Crippen LogP contribution in [-0.4, -0.2) is 23.3 Å². The number of hydrogen-bond acceptors (Lipinski definition) is 5. The van der Waals surface area contributed by atoms with E-state index in [1.165, 1.54) is 11.3 Å². The number of thiazole rings is 1. The zero-order valence-corrected chi connectivity index (χ0v) is 13.7. The van der Waals surface area contributed by atoms with E-state index in [9.17, 15) is 5.11 Å². The smallest absolute Gasteiger partial charge is 0.161 e. The SMILES string of the molecule is CCOc1ccc(-c2nc(C(C)(C)O)cs2)cc1OCC. The molecule has 1 aromatic heterocycles. The molecule has 4 nitrogen and oxygen atoms in total. The molecule has 5 heteroatoms. The van der Waals surface area contributed by atoms with Crippen molar-refractivity contribution < 1.29 is 14.6 Å². The van der Waals surface area contributed by atoms with Crippen molar-refractivity contribution in [3.8, 4) is 22.1 Å². The average molecular weight is 307 g/mol. The van der Waals surface area contributed by atoms with E-state index in [0.29, 0.717) is 18.9 Å². The highest BCUT2D eigenvalue weighted by Crippen LogP contribution is 2.35. The molecule has 1 N–H and O–H groups in total. The predicted molar refractivity (Wildman–Crippen MR) is 85.1 cm³/mol. The van der Waals surface area contributed by atoms with E-state index in [4.69, 9.17) is 9.47 Å².